The SMILES string of the molecule is Cc1cc(S(=O)(=O)NCC(C)(O)C(C)C)c(Cl)cc1F. The zero-order chi connectivity index (χ0) is 15.7. The minimum absolute atomic E-state index is 0.129. The van der Waals surface area contributed by atoms with Crippen LogP contribution >= 0.6 is 11.6 Å². The number of aliphatic hydroxyl groups is 1. The smallest absolute Gasteiger partial charge is 0.242 e. The second-order valence-corrected chi connectivity index (χ2v) is 7.51. The van der Waals surface area contributed by atoms with Crippen LogP contribution in [0.1, 0.15) is 26.3 Å². The number of hydrogen-bond donors (Lipinski definition) is 2. The summed E-state index contributed by atoms with van der Waals surface area (Å²) >= 11 is 5.78. The molecule has 1 rings (SSSR count). The van der Waals surface area contributed by atoms with Crippen molar-refractivity contribution < 1.29 is 17.9 Å². The van der Waals surface area contributed by atoms with E-state index in [0.29, 0.717) is 0 Å². The lowest BCUT2D eigenvalue weighted by Crippen LogP contribution is -2.44. The van der Waals surface area contributed by atoms with Crippen LogP contribution < -0.4 is 4.72 Å². The van der Waals surface area contributed by atoms with Crippen LogP contribution in [0.25, 0.3) is 0 Å². The van der Waals surface area contributed by atoms with Crippen molar-refractivity contribution in [3.05, 3.63) is 28.5 Å². The van der Waals surface area contributed by atoms with Crippen LogP contribution in [0.5, 0.6) is 0 Å². The molecule has 0 heterocycles. The molecule has 20 heavy (non-hydrogen) atoms. The lowest BCUT2D eigenvalue weighted by Gasteiger charge is -2.27. The third-order valence-corrected chi connectivity index (χ3v) is 5.23. The maximum Gasteiger partial charge on any atom is 0.242 e. The molecule has 2 N–H and O–H groups in total. The normalized spacial score (nSPS) is 15.4. The highest BCUT2D eigenvalue weighted by Crippen LogP contribution is 2.25. The number of sulfonamides is 1. The van der Waals surface area contributed by atoms with Gasteiger partial charge in [0.25, 0.3) is 0 Å². The van der Waals surface area contributed by atoms with Gasteiger partial charge >= 0.3 is 0 Å². The average Bonchev–Trinajstić information content (AvgIpc) is 2.31. The molecule has 7 heteroatoms. The fraction of sp³-hybridized carbons (Fsp3) is 0.538. The first-order valence-electron chi connectivity index (χ1n) is 6.15. The van der Waals surface area contributed by atoms with Crippen LogP contribution in [0.3, 0.4) is 0 Å². The highest BCUT2D eigenvalue weighted by atomic mass is 35.5. The summed E-state index contributed by atoms with van der Waals surface area (Å²) < 4.78 is 39.9. The van der Waals surface area contributed by atoms with Crippen LogP contribution in [-0.4, -0.2) is 25.7 Å². The van der Waals surface area contributed by atoms with E-state index in [0.717, 1.165) is 6.07 Å². The third kappa shape index (κ3) is 3.91. The molecular formula is C13H19ClFNO3S. The third-order valence-electron chi connectivity index (χ3n) is 3.37. The van der Waals surface area contributed by atoms with E-state index in [4.69, 9.17) is 11.6 Å². The van der Waals surface area contributed by atoms with Crippen molar-refractivity contribution in [1.82, 2.24) is 4.72 Å². The molecule has 0 radical (unpaired) electrons. The van der Waals surface area contributed by atoms with Crippen LogP contribution in [0, 0.1) is 18.7 Å². The Morgan fingerprint density at radius 2 is 2.00 bits per heavy atom. The number of hydrogen-bond acceptors (Lipinski definition) is 3. The minimum Gasteiger partial charge on any atom is -0.389 e. The quantitative estimate of drug-likeness (QED) is 0.874. The van der Waals surface area contributed by atoms with Gasteiger partial charge in [0.15, 0.2) is 0 Å². The summed E-state index contributed by atoms with van der Waals surface area (Å²) in [6.45, 7) is 6.40. The molecule has 1 aromatic rings. The second-order valence-electron chi connectivity index (χ2n) is 5.37. The summed E-state index contributed by atoms with van der Waals surface area (Å²) in [5, 5.41) is 9.86. The van der Waals surface area contributed by atoms with E-state index >= 15 is 0 Å². The van der Waals surface area contributed by atoms with Gasteiger partial charge in [-0.25, -0.2) is 17.5 Å². The Morgan fingerprint density at radius 1 is 1.45 bits per heavy atom. The second kappa shape index (κ2) is 5.97. The first kappa shape index (κ1) is 17.4. The largest absolute Gasteiger partial charge is 0.389 e. The van der Waals surface area contributed by atoms with Crippen LogP contribution in [0.4, 0.5) is 4.39 Å². The van der Waals surface area contributed by atoms with Gasteiger partial charge in [-0.1, -0.05) is 25.4 Å². The molecule has 0 saturated heterocycles. The maximum atomic E-state index is 13.3. The molecule has 0 bridgehead atoms. The molecule has 0 aliphatic rings. The zero-order valence-electron chi connectivity index (χ0n) is 11.9. The molecule has 4 nitrogen and oxygen atoms in total. The van der Waals surface area contributed by atoms with Gasteiger partial charge in [0.05, 0.1) is 10.6 Å². The van der Waals surface area contributed by atoms with Gasteiger partial charge in [0.1, 0.15) is 10.7 Å². The Hall–Kier alpha value is -0.690. The molecule has 0 aliphatic carbocycles. The summed E-state index contributed by atoms with van der Waals surface area (Å²) in [4.78, 5) is -0.197. The average molecular weight is 324 g/mol. The van der Waals surface area contributed by atoms with E-state index in [1.807, 2.05) is 0 Å². The summed E-state index contributed by atoms with van der Waals surface area (Å²) in [5.41, 5.74) is -1.00. The summed E-state index contributed by atoms with van der Waals surface area (Å²) in [7, 11) is -3.91. The lowest BCUT2D eigenvalue weighted by atomic mass is 9.93. The van der Waals surface area contributed by atoms with Gasteiger partial charge in [-0.3, -0.25) is 0 Å². The van der Waals surface area contributed by atoms with Crippen molar-refractivity contribution in [2.45, 2.75) is 38.2 Å². The van der Waals surface area contributed by atoms with E-state index in [1.165, 1.54) is 19.9 Å². The summed E-state index contributed by atoms with van der Waals surface area (Å²) in [6, 6.07) is 2.14. The predicted octanol–water partition coefficient (Wildman–Crippen LogP) is 2.47. The van der Waals surface area contributed by atoms with E-state index in [2.05, 4.69) is 4.72 Å². The Kier molecular flexibility index (Phi) is 5.18. The number of aryl methyl sites for hydroxylation is 1. The van der Waals surface area contributed by atoms with E-state index in [-0.39, 0.29) is 27.9 Å². The molecule has 0 aliphatic heterocycles. The van der Waals surface area contributed by atoms with Crippen molar-refractivity contribution in [2.24, 2.45) is 5.92 Å². The van der Waals surface area contributed by atoms with Crippen molar-refractivity contribution >= 4 is 21.6 Å². The molecule has 114 valence electrons. The molecular weight excluding hydrogens is 305 g/mol. The molecule has 1 atom stereocenters. The van der Waals surface area contributed by atoms with Gasteiger partial charge < -0.3 is 5.11 Å². The predicted molar refractivity (Wildman–Crippen MR) is 76.8 cm³/mol. The molecule has 0 aromatic heterocycles. The molecule has 0 amide bonds. The van der Waals surface area contributed by atoms with Crippen molar-refractivity contribution in [1.29, 1.82) is 0 Å². The van der Waals surface area contributed by atoms with Crippen LogP contribution in [-0.2, 0) is 10.0 Å². The fourth-order valence-corrected chi connectivity index (χ4v) is 3.10. The number of nitrogens with one attached hydrogen (secondary N) is 1. The minimum atomic E-state index is -3.91. The highest BCUT2D eigenvalue weighted by Gasteiger charge is 2.28. The Balaban J connectivity index is 3.04. The van der Waals surface area contributed by atoms with Gasteiger partial charge in [0, 0.05) is 6.54 Å². The summed E-state index contributed by atoms with van der Waals surface area (Å²) in [6.07, 6.45) is 0. The molecule has 0 fully saturated rings. The standard InChI is InChI=1S/C13H19ClFNO3S/c1-8(2)13(4,17)7-16-20(18,19)12-5-9(3)11(15)6-10(12)14/h5-6,8,16-17H,7H2,1-4H3. The first-order chi connectivity index (χ1) is 8.97. The van der Waals surface area contributed by atoms with Gasteiger partial charge in [-0.05, 0) is 37.5 Å². The van der Waals surface area contributed by atoms with Crippen LogP contribution in [0.15, 0.2) is 17.0 Å². The number of benzene rings is 1. The van der Waals surface area contributed by atoms with E-state index in [1.54, 1.807) is 13.8 Å². The first-order valence-corrected chi connectivity index (χ1v) is 8.01. The lowest BCUT2D eigenvalue weighted by molar-refractivity contribution is 0.0190. The topological polar surface area (TPSA) is 66.4 Å². The Labute approximate surface area is 124 Å². The van der Waals surface area contributed by atoms with Gasteiger partial charge in [-0.15, -0.1) is 0 Å². The van der Waals surface area contributed by atoms with Gasteiger partial charge in [-0.2, -0.15) is 0 Å². The highest BCUT2D eigenvalue weighted by molar-refractivity contribution is 7.89. The van der Waals surface area contributed by atoms with Crippen LogP contribution in [0.2, 0.25) is 5.02 Å². The van der Waals surface area contributed by atoms with Crippen molar-refractivity contribution in [3.8, 4) is 0 Å². The Bertz CT molecular complexity index is 600. The Morgan fingerprint density at radius 3 is 2.50 bits per heavy atom. The van der Waals surface area contributed by atoms with E-state index in [9.17, 15) is 17.9 Å². The summed E-state index contributed by atoms with van der Waals surface area (Å²) in [5.74, 6) is -0.696. The van der Waals surface area contributed by atoms with Gasteiger partial charge in [0.2, 0.25) is 10.0 Å². The molecule has 0 spiro atoms. The molecule has 1 unspecified atom stereocenters. The van der Waals surface area contributed by atoms with Crippen molar-refractivity contribution in [3.63, 3.8) is 0 Å². The monoisotopic (exact) mass is 323 g/mol. The molecule has 1 aromatic carbocycles. The molecule has 0 saturated carbocycles. The fourth-order valence-electron chi connectivity index (χ4n) is 1.36. The van der Waals surface area contributed by atoms with E-state index < -0.39 is 21.4 Å². The van der Waals surface area contributed by atoms with Crippen molar-refractivity contribution in [2.75, 3.05) is 6.54 Å². The zero-order valence-corrected chi connectivity index (χ0v) is 13.4. The number of rotatable bonds is 5. The maximum absolute atomic E-state index is 13.3. The number of halogens is 2.